The molecule has 1 amide bonds. The predicted octanol–water partition coefficient (Wildman–Crippen LogP) is 3.23. The Hall–Kier alpha value is -2.30. The minimum absolute atomic E-state index is 0.0187. The van der Waals surface area contributed by atoms with E-state index in [1.165, 1.54) is 5.56 Å². The Kier molecular flexibility index (Phi) is 4.62. The summed E-state index contributed by atoms with van der Waals surface area (Å²) in [7, 11) is 0. The van der Waals surface area contributed by atoms with Crippen LogP contribution in [0.2, 0.25) is 0 Å². The van der Waals surface area contributed by atoms with Crippen LogP contribution in [0.5, 0.6) is 0 Å². The molecule has 3 N–H and O–H groups in total. The van der Waals surface area contributed by atoms with Gasteiger partial charge in [0.25, 0.3) is 0 Å². The van der Waals surface area contributed by atoms with Gasteiger partial charge in [-0.3, -0.25) is 9.89 Å². The molecule has 0 aliphatic carbocycles. The number of carbonyl (C=O) groups excluding carboxylic acids is 1. The largest absolute Gasteiger partial charge is 0.381 e. The topological polar surface area (TPSA) is 69.8 Å². The Morgan fingerprint density at radius 1 is 1.19 bits per heavy atom. The van der Waals surface area contributed by atoms with Crippen LogP contribution in [0, 0.1) is 19.8 Å². The Labute approximate surface area is 125 Å². The maximum absolute atomic E-state index is 11.6. The Bertz CT molecular complexity index is 594. The van der Waals surface area contributed by atoms with E-state index in [4.69, 9.17) is 0 Å². The summed E-state index contributed by atoms with van der Waals surface area (Å²) in [5.41, 5.74) is 5.11. The van der Waals surface area contributed by atoms with Gasteiger partial charge in [-0.2, -0.15) is 5.10 Å². The second-order valence-electron chi connectivity index (χ2n) is 5.49. The number of aromatic nitrogens is 2. The molecule has 1 aromatic carbocycles. The molecular weight excluding hydrogens is 264 g/mol. The van der Waals surface area contributed by atoms with Crippen LogP contribution in [0.1, 0.15) is 30.8 Å². The molecule has 0 fully saturated rings. The molecule has 0 unspecified atom stereocenters. The summed E-state index contributed by atoms with van der Waals surface area (Å²) in [6.45, 7) is 8.49. The summed E-state index contributed by atoms with van der Waals surface area (Å²) in [6, 6.07) is 7.72. The summed E-state index contributed by atoms with van der Waals surface area (Å²) >= 11 is 0. The second-order valence-corrected chi connectivity index (χ2v) is 5.49. The molecule has 0 radical (unpaired) electrons. The number of anilines is 2. The Morgan fingerprint density at radius 3 is 2.33 bits per heavy atom. The number of aromatic amines is 1. The van der Waals surface area contributed by atoms with Crippen LogP contribution in [0.15, 0.2) is 24.3 Å². The van der Waals surface area contributed by atoms with Crippen LogP contribution in [0.3, 0.4) is 0 Å². The first kappa shape index (κ1) is 15.1. The van der Waals surface area contributed by atoms with Gasteiger partial charge < -0.3 is 10.6 Å². The van der Waals surface area contributed by atoms with Gasteiger partial charge in [0.2, 0.25) is 5.91 Å². The van der Waals surface area contributed by atoms with Crippen molar-refractivity contribution in [1.82, 2.24) is 10.2 Å². The monoisotopic (exact) mass is 286 g/mol. The van der Waals surface area contributed by atoms with E-state index < -0.39 is 0 Å². The molecule has 5 heteroatoms. The number of benzene rings is 1. The first-order valence-corrected chi connectivity index (χ1v) is 7.12. The summed E-state index contributed by atoms with van der Waals surface area (Å²) in [5.74, 6) is 0.00944. The molecule has 112 valence electrons. The molecule has 1 heterocycles. The fourth-order valence-corrected chi connectivity index (χ4v) is 1.98. The van der Waals surface area contributed by atoms with Gasteiger partial charge in [-0.15, -0.1) is 0 Å². The van der Waals surface area contributed by atoms with E-state index in [1.807, 2.05) is 52.0 Å². The zero-order valence-electron chi connectivity index (χ0n) is 12.9. The van der Waals surface area contributed by atoms with E-state index in [9.17, 15) is 4.79 Å². The maximum atomic E-state index is 11.6. The van der Waals surface area contributed by atoms with Crippen molar-refractivity contribution >= 4 is 17.3 Å². The number of rotatable bonds is 5. The van der Waals surface area contributed by atoms with E-state index in [0.29, 0.717) is 0 Å². The molecule has 5 nitrogen and oxygen atoms in total. The zero-order valence-corrected chi connectivity index (χ0v) is 12.9. The van der Waals surface area contributed by atoms with Gasteiger partial charge in [-0.05, 0) is 38.1 Å². The number of H-pyrrole nitrogens is 1. The highest BCUT2D eigenvalue weighted by Gasteiger charge is 2.07. The van der Waals surface area contributed by atoms with Crippen molar-refractivity contribution in [3.63, 3.8) is 0 Å². The van der Waals surface area contributed by atoms with E-state index in [-0.39, 0.29) is 11.8 Å². The van der Waals surface area contributed by atoms with Crippen LogP contribution in [0.25, 0.3) is 0 Å². The fraction of sp³-hybridized carbons (Fsp3) is 0.375. The highest BCUT2D eigenvalue weighted by molar-refractivity contribution is 5.92. The van der Waals surface area contributed by atoms with Gasteiger partial charge in [0.1, 0.15) is 0 Å². The lowest BCUT2D eigenvalue weighted by Gasteiger charge is -2.10. The van der Waals surface area contributed by atoms with Crippen LogP contribution >= 0.6 is 0 Å². The van der Waals surface area contributed by atoms with Crippen molar-refractivity contribution in [2.75, 3.05) is 10.6 Å². The van der Waals surface area contributed by atoms with Gasteiger partial charge in [-0.25, -0.2) is 0 Å². The third kappa shape index (κ3) is 3.84. The van der Waals surface area contributed by atoms with Gasteiger partial charge in [0.15, 0.2) is 0 Å². The summed E-state index contributed by atoms with van der Waals surface area (Å²) < 4.78 is 0. The fourth-order valence-electron chi connectivity index (χ4n) is 1.98. The molecule has 0 bridgehead atoms. The molecule has 2 aromatic rings. The maximum Gasteiger partial charge on any atom is 0.226 e. The van der Waals surface area contributed by atoms with Crippen molar-refractivity contribution in [3.8, 4) is 0 Å². The molecule has 21 heavy (non-hydrogen) atoms. The molecule has 0 saturated carbocycles. The van der Waals surface area contributed by atoms with Gasteiger partial charge in [-0.1, -0.05) is 13.8 Å². The van der Waals surface area contributed by atoms with Crippen molar-refractivity contribution < 1.29 is 4.79 Å². The molecule has 0 aliphatic rings. The lowest BCUT2D eigenvalue weighted by atomic mass is 10.2. The van der Waals surface area contributed by atoms with Crippen LogP contribution < -0.4 is 10.6 Å². The molecular formula is C16H22N4O. The number of carbonyl (C=O) groups is 1. The summed E-state index contributed by atoms with van der Waals surface area (Å²) in [4.78, 5) is 11.6. The highest BCUT2D eigenvalue weighted by atomic mass is 16.1. The van der Waals surface area contributed by atoms with Crippen molar-refractivity contribution in [2.45, 2.75) is 34.2 Å². The van der Waals surface area contributed by atoms with E-state index in [1.54, 1.807) is 0 Å². The SMILES string of the molecule is Cc1n[nH]c(C)c1CNc1ccc(NC(=O)C(C)C)cc1. The number of hydrogen-bond acceptors (Lipinski definition) is 3. The second kappa shape index (κ2) is 6.43. The third-order valence-electron chi connectivity index (χ3n) is 3.43. The summed E-state index contributed by atoms with van der Waals surface area (Å²) in [6.07, 6.45) is 0. The zero-order chi connectivity index (χ0) is 15.4. The molecule has 2 rings (SSSR count). The van der Waals surface area contributed by atoms with Crippen LogP contribution in [0.4, 0.5) is 11.4 Å². The number of nitrogens with one attached hydrogen (secondary N) is 3. The van der Waals surface area contributed by atoms with Crippen molar-refractivity contribution in [1.29, 1.82) is 0 Å². The van der Waals surface area contributed by atoms with Gasteiger partial charge >= 0.3 is 0 Å². The van der Waals surface area contributed by atoms with Gasteiger partial charge in [0, 0.05) is 35.1 Å². The molecule has 0 atom stereocenters. The normalized spacial score (nSPS) is 10.7. The Morgan fingerprint density at radius 2 is 1.81 bits per heavy atom. The van der Waals surface area contributed by atoms with Crippen LogP contribution in [-0.4, -0.2) is 16.1 Å². The number of nitrogens with zero attached hydrogens (tertiary/aromatic N) is 1. The third-order valence-corrected chi connectivity index (χ3v) is 3.43. The average Bonchev–Trinajstić information content (AvgIpc) is 2.77. The van der Waals surface area contributed by atoms with Gasteiger partial charge in [0.05, 0.1) is 5.69 Å². The lowest BCUT2D eigenvalue weighted by molar-refractivity contribution is -0.118. The standard InChI is InChI=1S/C16H22N4O/c1-10(2)16(21)18-14-7-5-13(6-8-14)17-9-15-11(3)19-20-12(15)4/h5-8,10,17H,9H2,1-4H3,(H,18,21)(H,19,20). The highest BCUT2D eigenvalue weighted by Crippen LogP contribution is 2.17. The molecule has 0 saturated heterocycles. The molecule has 0 aliphatic heterocycles. The van der Waals surface area contributed by atoms with E-state index >= 15 is 0 Å². The first-order valence-electron chi connectivity index (χ1n) is 7.12. The Balaban J connectivity index is 1.95. The van der Waals surface area contributed by atoms with Crippen molar-refractivity contribution in [2.24, 2.45) is 5.92 Å². The van der Waals surface area contributed by atoms with Crippen LogP contribution in [-0.2, 0) is 11.3 Å². The average molecular weight is 286 g/mol. The van der Waals surface area contributed by atoms with Crippen molar-refractivity contribution in [3.05, 3.63) is 41.2 Å². The number of aryl methyl sites for hydroxylation is 2. The summed E-state index contributed by atoms with van der Waals surface area (Å²) in [5, 5.41) is 13.4. The minimum atomic E-state index is -0.0187. The quantitative estimate of drug-likeness (QED) is 0.790. The molecule has 0 spiro atoms. The van der Waals surface area contributed by atoms with E-state index in [0.717, 1.165) is 29.3 Å². The number of amides is 1. The minimum Gasteiger partial charge on any atom is -0.381 e. The predicted molar refractivity (Wildman–Crippen MR) is 85.3 cm³/mol. The lowest BCUT2D eigenvalue weighted by Crippen LogP contribution is -2.17. The molecule has 1 aromatic heterocycles. The first-order chi connectivity index (χ1) is 9.97. The number of hydrogen-bond donors (Lipinski definition) is 3. The van der Waals surface area contributed by atoms with E-state index in [2.05, 4.69) is 20.8 Å². The smallest absolute Gasteiger partial charge is 0.226 e.